The maximum Gasteiger partial charge on any atom is 0.323 e. The number of carbonyl (C=O) groups excluding carboxylic acids is 4. The minimum absolute atomic E-state index is 0.00899. The van der Waals surface area contributed by atoms with Gasteiger partial charge in [0.2, 0.25) is 5.54 Å². The summed E-state index contributed by atoms with van der Waals surface area (Å²) in [6.45, 7) is 0.848. The molecule has 1 aromatic heterocycles. The normalized spacial score (nSPS) is 19.5. The molecule has 2 fully saturated rings. The van der Waals surface area contributed by atoms with Crippen molar-refractivity contribution in [1.29, 1.82) is 0 Å². The first-order chi connectivity index (χ1) is 20.7. The molecule has 4 heterocycles. The molecule has 43 heavy (non-hydrogen) atoms. The van der Waals surface area contributed by atoms with Crippen molar-refractivity contribution in [3.63, 3.8) is 0 Å². The first-order valence-electron chi connectivity index (χ1n) is 13.6. The van der Waals surface area contributed by atoms with Crippen LogP contribution in [0.3, 0.4) is 0 Å². The highest BCUT2D eigenvalue weighted by molar-refractivity contribution is 6.10. The fourth-order valence-corrected chi connectivity index (χ4v) is 5.40. The first-order valence-corrected chi connectivity index (χ1v) is 13.6. The number of Topliss-reactive ketones (excluding diaryl/α,β-unsaturated/α-hetero) is 1. The van der Waals surface area contributed by atoms with Gasteiger partial charge in [0.05, 0.1) is 19.2 Å². The Balaban J connectivity index is 1.24. The van der Waals surface area contributed by atoms with Gasteiger partial charge in [0, 0.05) is 43.6 Å². The predicted octanol–water partition coefficient (Wildman–Crippen LogP) is 2.36. The van der Waals surface area contributed by atoms with Crippen LogP contribution >= 0.6 is 0 Å². The van der Waals surface area contributed by atoms with Crippen molar-refractivity contribution in [2.75, 3.05) is 31.6 Å². The number of piperidine rings is 1. The maximum atomic E-state index is 14.8. The van der Waals surface area contributed by atoms with Gasteiger partial charge in [-0.25, -0.2) is 14.2 Å². The van der Waals surface area contributed by atoms with E-state index in [1.807, 2.05) is 4.90 Å². The molecule has 3 aromatic rings. The van der Waals surface area contributed by atoms with Crippen LogP contribution in [0.1, 0.15) is 34.3 Å². The average Bonchev–Trinajstić information content (AvgIpc) is 3.47. The van der Waals surface area contributed by atoms with Crippen molar-refractivity contribution in [2.24, 2.45) is 0 Å². The number of aromatic nitrogens is 1. The number of ketones is 1. The SMILES string of the molecule is COc1ccc2c(c1F)C(=O)N(C[C@@]1(C#Cc3ccc(-c4nc(N5CCC(=O)CC5)ccc4O)cc3)NC(=O)NC1=O)C2. The van der Waals surface area contributed by atoms with Crippen LogP contribution in [0.5, 0.6) is 11.5 Å². The lowest BCUT2D eigenvalue weighted by Gasteiger charge is -2.27. The van der Waals surface area contributed by atoms with Crippen LogP contribution in [0.4, 0.5) is 15.0 Å². The van der Waals surface area contributed by atoms with E-state index in [0.29, 0.717) is 54.1 Å². The number of rotatable bonds is 5. The van der Waals surface area contributed by atoms with E-state index < -0.39 is 29.2 Å². The predicted molar refractivity (Wildman–Crippen MR) is 152 cm³/mol. The summed E-state index contributed by atoms with van der Waals surface area (Å²) < 4.78 is 19.8. The number of aromatic hydroxyl groups is 1. The molecule has 3 aliphatic rings. The van der Waals surface area contributed by atoms with Gasteiger partial charge in [0.25, 0.3) is 11.8 Å². The lowest BCUT2D eigenvalue weighted by atomic mass is 9.98. The van der Waals surface area contributed by atoms with Crippen molar-refractivity contribution >= 4 is 29.4 Å². The molecule has 3 N–H and O–H groups in total. The summed E-state index contributed by atoms with van der Waals surface area (Å²) in [6, 6.07) is 12.3. The summed E-state index contributed by atoms with van der Waals surface area (Å²) in [6.07, 6.45) is 0.908. The molecule has 0 unspecified atom stereocenters. The van der Waals surface area contributed by atoms with E-state index in [1.165, 1.54) is 18.1 Å². The molecule has 0 bridgehead atoms. The van der Waals surface area contributed by atoms with E-state index in [2.05, 4.69) is 27.5 Å². The van der Waals surface area contributed by atoms with Crippen molar-refractivity contribution in [2.45, 2.75) is 24.9 Å². The Hall–Kier alpha value is -5.44. The fraction of sp³-hybridized carbons (Fsp3) is 0.258. The van der Waals surface area contributed by atoms with Crippen LogP contribution in [-0.4, -0.2) is 70.9 Å². The van der Waals surface area contributed by atoms with E-state index in [-0.39, 0.29) is 35.9 Å². The van der Waals surface area contributed by atoms with Gasteiger partial charge in [-0.2, -0.15) is 0 Å². The largest absolute Gasteiger partial charge is 0.506 e. The monoisotopic (exact) mass is 583 g/mol. The molecule has 6 rings (SSSR count). The van der Waals surface area contributed by atoms with Crippen molar-refractivity contribution < 1.29 is 33.4 Å². The molecule has 0 saturated carbocycles. The highest BCUT2D eigenvalue weighted by Crippen LogP contribution is 2.33. The number of nitrogens with one attached hydrogen (secondary N) is 2. The van der Waals surface area contributed by atoms with E-state index >= 15 is 0 Å². The average molecular weight is 584 g/mol. The Kier molecular flexibility index (Phi) is 6.93. The molecule has 12 heteroatoms. The number of imide groups is 1. The second-order valence-electron chi connectivity index (χ2n) is 10.5. The topological polar surface area (TPSA) is 141 Å². The zero-order valence-electron chi connectivity index (χ0n) is 23.1. The van der Waals surface area contributed by atoms with Gasteiger partial charge in [-0.3, -0.25) is 19.7 Å². The number of hydrogen-bond donors (Lipinski definition) is 3. The van der Waals surface area contributed by atoms with Gasteiger partial charge in [-0.1, -0.05) is 30.0 Å². The summed E-state index contributed by atoms with van der Waals surface area (Å²) in [4.78, 5) is 57.7. The summed E-state index contributed by atoms with van der Waals surface area (Å²) in [5.41, 5.74) is 0.00661. The molecule has 3 aliphatic heterocycles. The summed E-state index contributed by atoms with van der Waals surface area (Å²) in [5, 5.41) is 15.2. The number of benzene rings is 2. The molecule has 11 nitrogen and oxygen atoms in total. The molecular weight excluding hydrogens is 557 g/mol. The smallest absolute Gasteiger partial charge is 0.323 e. The highest BCUT2D eigenvalue weighted by atomic mass is 19.1. The molecule has 0 radical (unpaired) electrons. The van der Waals surface area contributed by atoms with Crippen LogP contribution in [-0.2, 0) is 16.1 Å². The first kappa shape index (κ1) is 27.7. The summed E-state index contributed by atoms with van der Waals surface area (Å²) >= 11 is 0. The molecular formula is C31H26FN5O6. The number of nitrogens with zero attached hydrogens (tertiary/aromatic N) is 3. The standard InChI is InChI=1S/C31H26FN5O6/c1-43-23-8-6-20-16-37(28(40)25(20)26(23)32)17-31(29(41)34-30(42)35-31)13-10-18-2-4-19(5-3-18)27-22(39)7-9-24(33-27)36-14-11-21(38)12-15-36/h2-9,39H,11-12,14-17H2,1H3,(H2,34,35,41,42)/t31-/m1/s1. The Morgan fingerprint density at radius 1 is 1.05 bits per heavy atom. The Morgan fingerprint density at radius 3 is 2.47 bits per heavy atom. The summed E-state index contributed by atoms with van der Waals surface area (Å²) in [7, 11) is 1.30. The van der Waals surface area contributed by atoms with E-state index in [1.54, 1.807) is 42.5 Å². The third kappa shape index (κ3) is 5.10. The number of methoxy groups -OCH3 is 1. The molecule has 0 aliphatic carbocycles. The van der Waals surface area contributed by atoms with Crippen molar-refractivity contribution in [3.8, 4) is 34.6 Å². The third-order valence-electron chi connectivity index (χ3n) is 7.73. The van der Waals surface area contributed by atoms with Crippen LogP contribution in [0.2, 0.25) is 0 Å². The molecule has 218 valence electrons. The molecule has 1 atom stereocenters. The van der Waals surface area contributed by atoms with Gasteiger partial charge >= 0.3 is 6.03 Å². The van der Waals surface area contributed by atoms with Crippen molar-refractivity contribution in [3.05, 3.63) is 71.0 Å². The van der Waals surface area contributed by atoms with E-state index in [4.69, 9.17) is 4.74 Å². The Bertz CT molecular complexity index is 1740. The zero-order valence-corrected chi connectivity index (χ0v) is 23.1. The molecule has 4 amide bonds. The Morgan fingerprint density at radius 2 is 1.79 bits per heavy atom. The quantitative estimate of drug-likeness (QED) is 0.307. The number of fused-ring (bicyclic) bond motifs is 1. The number of anilines is 1. The minimum Gasteiger partial charge on any atom is -0.506 e. The third-order valence-corrected chi connectivity index (χ3v) is 7.73. The number of hydrogen-bond acceptors (Lipinski definition) is 8. The van der Waals surface area contributed by atoms with Crippen LogP contribution in [0.25, 0.3) is 11.3 Å². The van der Waals surface area contributed by atoms with Crippen molar-refractivity contribution in [1.82, 2.24) is 20.5 Å². The second kappa shape index (κ2) is 10.8. The fourth-order valence-electron chi connectivity index (χ4n) is 5.40. The van der Waals surface area contributed by atoms with Gasteiger partial charge in [0.15, 0.2) is 11.6 Å². The highest BCUT2D eigenvalue weighted by Gasteiger charge is 2.48. The van der Waals surface area contributed by atoms with Gasteiger partial charge in [-0.15, -0.1) is 0 Å². The zero-order chi connectivity index (χ0) is 30.3. The van der Waals surface area contributed by atoms with Gasteiger partial charge in [0.1, 0.15) is 23.0 Å². The number of pyridine rings is 1. The molecule has 0 spiro atoms. The van der Waals surface area contributed by atoms with E-state index in [9.17, 15) is 28.7 Å². The van der Waals surface area contributed by atoms with Gasteiger partial charge < -0.3 is 25.0 Å². The van der Waals surface area contributed by atoms with Crippen LogP contribution < -0.4 is 20.3 Å². The summed E-state index contributed by atoms with van der Waals surface area (Å²) in [5.74, 6) is 4.36. The number of carbonyl (C=O) groups is 4. The lowest BCUT2D eigenvalue weighted by Crippen LogP contribution is -2.54. The van der Waals surface area contributed by atoms with Gasteiger partial charge in [-0.05, 0) is 35.9 Å². The van der Waals surface area contributed by atoms with E-state index in [0.717, 1.165) is 0 Å². The maximum absolute atomic E-state index is 14.8. The second-order valence-corrected chi connectivity index (χ2v) is 10.5. The van der Waals surface area contributed by atoms with Crippen LogP contribution in [0.15, 0.2) is 48.5 Å². The molecule has 2 saturated heterocycles. The van der Waals surface area contributed by atoms with Crippen LogP contribution in [0, 0.1) is 17.7 Å². The Labute approximate surface area is 245 Å². The number of ether oxygens (including phenoxy) is 1. The molecule has 2 aromatic carbocycles. The number of halogens is 1. The number of amides is 4. The minimum atomic E-state index is -1.77. The number of urea groups is 1. The lowest BCUT2D eigenvalue weighted by molar-refractivity contribution is -0.122.